The van der Waals surface area contributed by atoms with Crippen molar-refractivity contribution in [2.75, 3.05) is 25.1 Å². The van der Waals surface area contributed by atoms with Gasteiger partial charge in [0.2, 0.25) is 5.82 Å². The Kier molecular flexibility index (Phi) is 4.90. The first-order chi connectivity index (χ1) is 12.4. The van der Waals surface area contributed by atoms with Crippen molar-refractivity contribution in [1.29, 1.82) is 0 Å². The molecule has 0 aliphatic rings. The fourth-order valence-corrected chi connectivity index (χ4v) is 2.30. The van der Waals surface area contributed by atoms with E-state index >= 15 is 0 Å². The Balaban J connectivity index is 1.84. The predicted octanol–water partition coefficient (Wildman–Crippen LogP) is 3.25. The number of aromatic nitrogens is 3. The zero-order valence-corrected chi connectivity index (χ0v) is 13.7. The van der Waals surface area contributed by atoms with Gasteiger partial charge in [0.1, 0.15) is 5.82 Å². The maximum absolute atomic E-state index is 12.8. The maximum Gasteiger partial charge on any atom is 0.416 e. The first-order valence-corrected chi connectivity index (χ1v) is 7.68. The summed E-state index contributed by atoms with van der Waals surface area (Å²) in [6, 6.07) is 8.16. The number of hydrogen-bond donors (Lipinski definition) is 1. The average molecular weight is 364 g/mol. The topological polar surface area (TPSA) is 75.3 Å². The highest BCUT2D eigenvalue weighted by Crippen LogP contribution is 2.32. The van der Waals surface area contributed by atoms with Crippen molar-refractivity contribution in [1.82, 2.24) is 15.1 Å². The fraction of sp³-hybridized carbons (Fsp3) is 0.235. The largest absolute Gasteiger partial charge is 0.416 e. The zero-order chi connectivity index (χ0) is 18.7. The van der Waals surface area contributed by atoms with E-state index < -0.39 is 11.7 Å². The summed E-state index contributed by atoms with van der Waals surface area (Å²) in [6.07, 6.45) is -2.92. The van der Waals surface area contributed by atoms with Crippen molar-refractivity contribution < 1.29 is 22.8 Å². The average Bonchev–Trinajstić information content (AvgIpc) is 3.12. The number of anilines is 1. The number of rotatable bonds is 5. The molecule has 0 atom stereocenters. The predicted molar refractivity (Wildman–Crippen MR) is 88.3 cm³/mol. The van der Waals surface area contributed by atoms with Crippen molar-refractivity contribution in [2.24, 2.45) is 0 Å². The standard InChI is InChI=1S/C17H15F3N4O2/c1-24(7-8-25)14-6-5-12(10-21-14)16-22-15(23-26-16)11-3-2-4-13(9-11)17(18,19)20/h2-6,9-10,25H,7-8H2,1H3. The smallest absolute Gasteiger partial charge is 0.395 e. The van der Waals surface area contributed by atoms with Crippen molar-refractivity contribution in [3.63, 3.8) is 0 Å². The highest BCUT2D eigenvalue weighted by atomic mass is 19.4. The molecular formula is C17H15F3N4O2. The molecule has 0 fully saturated rings. The second-order valence-electron chi connectivity index (χ2n) is 5.55. The van der Waals surface area contributed by atoms with Crippen LogP contribution >= 0.6 is 0 Å². The summed E-state index contributed by atoms with van der Waals surface area (Å²) in [6.45, 7) is 0.441. The number of pyridine rings is 1. The van der Waals surface area contributed by atoms with Crippen LogP contribution in [0.4, 0.5) is 19.0 Å². The Morgan fingerprint density at radius 1 is 1.15 bits per heavy atom. The molecule has 0 bridgehead atoms. The summed E-state index contributed by atoms with van der Waals surface area (Å²) in [5.74, 6) is 0.870. The third kappa shape index (κ3) is 3.83. The van der Waals surface area contributed by atoms with E-state index in [1.165, 1.54) is 18.3 Å². The van der Waals surface area contributed by atoms with Crippen LogP contribution in [0.1, 0.15) is 5.56 Å². The molecule has 6 nitrogen and oxygen atoms in total. The molecule has 0 aliphatic heterocycles. The zero-order valence-electron chi connectivity index (χ0n) is 13.7. The minimum atomic E-state index is -4.44. The number of alkyl halides is 3. The maximum atomic E-state index is 12.8. The second-order valence-corrected chi connectivity index (χ2v) is 5.55. The van der Waals surface area contributed by atoms with E-state index in [9.17, 15) is 13.2 Å². The lowest BCUT2D eigenvalue weighted by molar-refractivity contribution is -0.137. The minimum absolute atomic E-state index is 0.00391. The van der Waals surface area contributed by atoms with Gasteiger partial charge in [-0.2, -0.15) is 18.2 Å². The lowest BCUT2D eigenvalue weighted by Gasteiger charge is -2.16. The Morgan fingerprint density at radius 2 is 1.96 bits per heavy atom. The summed E-state index contributed by atoms with van der Waals surface area (Å²) < 4.78 is 43.6. The highest BCUT2D eigenvalue weighted by Gasteiger charge is 2.30. The van der Waals surface area contributed by atoms with Crippen LogP contribution in [0.3, 0.4) is 0 Å². The van der Waals surface area contributed by atoms with Gasteiger partial charge in [0.15, 0.2) is 0 Å². The van der Waals surface area contributed by atoms with Crippen molar-refractivity contribution in [3.8, 4) is 22.8 Å². The highest BCUT2D eigenvalue weighted by molar-refractivity contribution is 5.61. The molecule has 1 N–H and O–H groups in total. The van der Waals surface area contributed by atoms with Crippen LogP contribution in [0.5, 0.6) is 0 Å². The number of likely N-dealkylation sites (N-methyl/N-ethyl adjacent to an activating group) is 1. The molecular weight excluding hydrogens is 349 g/mol. The van der Waals surface area contributed by atoms with Crippen molar-refractivity contribution in [2.45, 2.75) is 6.18 Å². The van der Waals surface area contributed by atoms with Crippen LogP contribution in [0.2, 0.25) is 0 Å². The molecule has 0 spiro atoms. The van der Waals surface area contributed by atoms with Gasteiger partial charge >= 0.3 is 6.18 Å². The number of benzene rings is 1. The molecule has 0 saturated carbocycles. The van der Waals surface area contributed by atoms with Crippen LogP contribution in [-0.4, -0.2) is 40.4 Å². The van der Waals surface area contributed by atoms with Gasteiger partial charge in [0, 0.05) is 25.4 Å². The second kappa shape index (κ2) is 7.12. The van der Waals surface area contributed by atoms with Gasteiger partial charge in [0.05, 0.1) is 17.7 Å². The molecule has 0 aliphatic carbocycles. The molecule has 2 aromatic heterocycles. The van der Waals surface area contributed by atoms with E-state index in [1.807, 2.05) is 0 Å². The fourth-order valence-electron chi connectivity index (χ4n) is 2.30. The number of nitrogens with zero attached hydrogens (tertiary/aromatic N) is 4. The van der Waals surface area contributed by atoms with Crippen molar-refractivity contribution in [3.05, 3.63) is 48.2 Å². The van der Waals surface area contributed by atoms with E-state index in [4.69, 9.17) is 9.63 Å². The van der Waals surface area contributed by atoms with Crippen LogP contribution < -0.4 is 4.90 Å². The van der Waals surface area contributed by atoms with Crippen LogP contribution in [0.25, 0.3) is 22.8 Å². The molecule has 0 saturated heterocycles. The van der Waals surface area contributed by atoms with Gasteiger partial charge < -0.3 is 14.5 Å². The minimum Gasteiger partial charge on any atom is -0.395 e. The lowest BCUT2D eigenvalue weighted by atomic mass is 10.1. The van der Waals surface area contributed by atoms with E-state index in [0.717, 1.165) is 12.1 Å². The Labute approximate surface area is 146 Å². The summed E-state index contributed by atoms with van der Waals surface area (Å²) in [7, 11) is 1.79. The van der Waals surface area contributed by atoms with Gasteiger partial charge in [-0.1, -0.05) is 17.3 Å². The summed E-state index contributed by atoms with van der Waals surface area (Å²) >= 11 is 0. The van der Waals surface area contributed by atoms with Gasteiger partial charge in [-0.3, -0.25) is 0 Å². The number of aliphatic hydroxyl groups excluding tert-OH is 1. The third-order valence-electron chi connectivity index (χ3n) is 3.70. The van der Waals surface area contributed by atoms with E-state index in [1.54, 1.807) is 24.1 Å². The molecule has 136 valence electrons. The van der Waals surface area contributed by atoms with Crippen LogP contribution in [0, 0.1) is 0 Å². The summed E-state index contributed by atoms with van der Waals surface area (Å²) in [4.78, 5) is 10.2. The molecule has 2 heterocycles. The van der Waals surface area contributed by atoms with E-state index in [0.29, 0.717) is 17.9 Å². The van der Waals surface area contributed by atoms with Crippen LogP contribution in [0.15, 0.2) is 47.1 Å². The Hall–Kier alpha value is -2.94. The lowest BCUT2D eigenvalue weighted by Crippen LogP contribution is -2.21. The molecule has 0 unspecified atom stereocenters. The van der Waals surface area contributed by atoms with E-state index in [2.05, 4.69) is 15.1 Å². The van der Waals surface area contributed by atoms with Gasteiger partial charge in [-0.25, -0.2) is 4.98 Å². The van der Waals surface area contributed by atoms with Crippen molar-refractivity contribution >= 4 is 5.82 Å². The number of aliphatic hydroxyl groups is 1. The quantitative estimate of drug-likeness (QED) is 0.749. The summed E-state index contributed by atoms with van der Waals surface area (Å²) in [5, 5.41) is 12.7. The number of hydrogen-bond acceptors (Lipinski definition) is 6. The monoisotopic (exact) mass is 364 g/mol. The van der Waals surface area contributed by atoms with Crippen LogP contribution in [-0.2, 0) is 6.18 Å². The molecule has 9 heteroatoms. The van der Waals surface area contributed by atoms with Gasteiger partial charge in [0.25, 0.3) is 5.89 Å². The molecule has 0 radical (unpaired) electrons. The Morgan fingerprint density at radius 3 is 2.62 bits per heavy atom. The Bertz CT molecular complexity index is 878. The molecule has 3 rings (SSSR count). The first kappa shape index (κ1) is 17.9. The van der Waals surface area contributed by atoms with E-state index in [-0.39, 0.29) is 23.9 Å². The normalized spacial score (nSPS) is 11.6. The molecule has 0 amide bonds. The van der Waals surface area contributed by atoms with Gasteiger partial charge in [-0.15, -0.1) is 0 Å². The molecule has 1 aromatic carbocycles. The first-order valence-electron chi connectivity index (χ1n) is 7.68. The SMILES string of the molecule is CN(CCO)c1ccc(-c2nc(-c3cccc(C(F)(F)F)c3)no2)cn1. The summed E-state index contributed by atoms with van der Waals surface area (Å²) in [5.41, 5.74) is -0.0294. The molecule has 3 aromatic rings. The third-order valence-corrected chi connectivity index (χ3v) is 3.70. The van der Waals surface area contributed by atoms with Gasteiger partial charge in [-0.05, 0) is 24.3 Å². The number of halogens is 3. The molecule has 26 heavy (non-hydrogen) atoms.